The van der Waals surface area contributed by atoms with E-state index in [2.05, 4.69) is 41.3 Å². The minimum Gasteiger partial charge on any atom is -0.371 e. The molecule has 1 heterocycles. The van der Waals surface area contributed by atoms with Gasteiger partial charge in [-0.2, -0.15) is 0 Å². The highest BCUT2D eigenvalue weighted by molar-refractivity contribution is 5.47. The third-order valence-corrected chi connectivity index (χ3v) is 4.92. The molecule has 2 aliphatic rings. The lowest BCUT2D eigenvalue weighted by Gasteiger charge is -2.37. The van der Waals surface area contributed by atoms with Gasteiger partial charge < -0.3 is 10.2 Å². The zero-order valence-electron chi connectivity index (χ0n) is 12.8. The van der Waals surface area contributed by atoms with E-state index in [1.165, 1.54) is 49.9 Å². The van der Waals surface area contributed by atoms with Gasteiger partial charge in [0.2, 0.25) is 0 Å². The molecule has 0 spiro atoms. The largest absolute Gasteiger partial charge is 0.371 e. The van der Waals surface area contributed by atoms with E-state index in [0.717, 1.165) is 18.5 Å². The second-order valence-corrected chi connectivity index (χ2v) is 6.60. The molecule has 1 aromatic rings. The van der Waals surface area contributed by atoms with Crippen molar-refractivity contribution in [3.63, 3.8) is 0 Å². The van der Waals surface area contributed by atoms with Gasteiger partial charge in [0.15, 0.2) is 0 Å². The number of hydrogen-bond acceptors (Lipinski definition) is 3. The molecule has 0 aliphatic heterocycles. The second-order valence-electron chi connectivity index (χ2n) is 6.60. The maximum atomic E-state index is 4.50. The standard InChI is InChI=1S/C17H27N3/c1-13-5-3-4-6-17(13)20(2)16-9-10-18-15(11-16)12-19-14-7-8-14/h9-11,13-14,17,19H,3-8,12H2,1-2H3. The van der Waals surface area contributed by atoms with Crippen molar-refractivity contribution >= 4 is 5.69 Å². The molecular weight excluding hydrogens is 246 g/mol. The van der Waals surface area contributed by atoms with Gasteiger partial charge in [-0.1, -0.05) is 19.8 Å². The number of aromatic nitrogens is 1. The van der Waals surface area contributed by atoms with E-state index < -0.39 is 0 Å². The number of nitrogens with zero attached hydrogens (tertiary/aromatic N) is 2. The summed E-state index contributed by atoms with van der Waals surface area (Å²) in [6.45, 7) is 3.31. The number of rotatable bonds is 5. The number of hydrogen-bond donors (Lipinski definition) is 1. The van der Waals surface area contributed by atoms with Crippen LogP contribution in [0.5, 0.6) is 0 Å². The smallest absolute Gasteiger partial charge is 0.0562 e. The molecule has 2 atom stereocenters. The molecule has 3 heteroatoms. The summed E-state index contributed by atoms with van der Waals surface area (Å²) in [7, 11) is 2.25. The molecular formula is C17H27N3. The van der Waals surface area contributed by atoms with Gasteiger partial charge in [-0.05, 0) is 43.7 Å². The highest BCUT2D eigenvalue weighted by Crippen LogP contribution is 2.30. The third kappa shape index (κ3) is 3.32. The average molecular weight is 273 g/mol. The fourth-order valence-corrected chi connectivity index (χ4v) is 3.38. The highest BCUT2D eigenvalue weighted by atomic mass is 15.1. The molecule has 1 N–H and O–H groups in total. The molecule has 0 radical (unpaired) electrons. The molecule has 2 aliphatic carbocycles. The van der Waals surface area contributed by atoms with Crippen LogP contribution in [0.25, 0.3) is 0 Å². The molecule has 0 aromatic carbocycles. The lowest BCUT2D eigenvalue weighted by Crippen LogP contribution is -2.39. The third-order valence-electron chi connectivity index (χ3n) is 4.92. The van der Waals surface area contributed by atoms with E-state index in [1.54, 1.807) is 0 Å². The summed E-state index contributed by atoms with van der Waals surface area (Å²) in [5.74, 6) is 0.801. The van der Waals surface area contributed by atoms with Crippen LogP contribution in [0, 0.1) is 5.92 Å². The van der Waals surface area contributed by atoms with Gasteiger partial charge in [0.1, 0.15) is 0 Å². The molecule has 3 rings (SSSR count). The number of anilines is 1. The molecule has 2 fully saturated rings. The van der Waals surface area contributed by atoms with E-state index in [9.17, 15) is 0 Å². The molecule has 20 heavy (non-hydrogen) atoms. The molecule has 0 bridgehead atoms. The second kappa shape index (κ2) is 6.13. The topological polar surface area (TPSA) is 28.2 Å². The zero-order valence-corrected chi connectivity index (χ0v) is 12.8. The summed E-state index contributed by atoms with van der Waals surface area (Å²) in [6.07, 6.45) is 10.1. The Balaban J connectivity index is 1.66. The van der Waals surface area contributed by atoms with Crippen molar-refractivity contribution in [1.82, 2.24) is 10.3 Å². The van der Waals surface area contributed by atoms with Crippen LogP contribution in [0.4, 0.5) is 5.69 Å². The van der Waals surface area contributed by atoms with Crippen molar-refractivity contribution in [2.24, 2.45) is 5.92 Å². The quantitative estimate of drug-likeness (QED) is 0.891. The number of pyridine rings is 1. The summed E-state index contributed by atoms with van der Waals surface area (Å²) in [6, 6.07) is 5.85. The van der Waals surface area contributed by atoms with Gasteiger partial charge in [-0.3, -0.25) is 4.98 Å². The maximum Gasteiger partial charge on any atom is 0.0562 e. The predicted molar refractivity (Wildman–Crippen MR) is 83.9 cm³/mol. The Morgan fingerprint density at radius 1 is 1.25 bits per heavy atom. The van der Waals surface area contributed by atoms with E-state index in [4.69, 9.17) is 0 Å². The predicted octanol–water partition coefficient (Wildman–Crippen LogP) is 3.35. The van der Waals surface area contributed by atoms with Gasteiger partial charge in [-0.15, -0.1) is 0 Å². The van der Waals surface area contributed by atoms with Crippen LogP contribution in [-0.2, 0) is 6.54 Å². The van der Waals surface area contributed by atoms with Crippen molar-refractivity contribution < 1.29 is 0 Å². The Bertz CT molecular complexity index is 442. The Morgan fingerprint density at radius 3 is 2.80 bits per heavy atom. The lowest BCUT2D eigenvalue weighted by atomic mass is 9.85. The first-order valence-corrected chi connectivity index (χ1v) is 8.15. The Hall–Kier alpha value is -1.09. The van der Waals surface area contributed by atoms with Gasteiger partial charge in [0.25, 0.3) is 0 Å². The summed E-state index contributed by atoms with van der Waals surface area (Å²) < 4.78 is 0. The minimum absolute atomic E-state index is 0.690. The monoisotopic (exact) mass is 273 g/mol. The Kier molecular flexibility index (Phi) is 4.25. The summed E-state index contributed by atoms with van der Waals surface area (Å²) in [4.78, 5) is 6.97. The van der Waals surface area contributed by atoms with Crippen LogP contribution in [0.3, 0.4) is 0 Å². The molecule has 0 saturated heterocycles. The summed E-state index contributed by atoms with van der Waals surface area (Å²) in [5, 5.41) is 3.55. The lowest BCUT2D eigenvalue weighted by molar-refractivity contribution is 0.321. The Labute approximate surface area is 122 Å². The van der Waals surface area contributed by atoms with Crippen molar-refractivity contribution in [3.05, 3.63) is 24.0 Å². The molecule has 110 valence electrons. The fourth-order valence-electron chi connectivity index (χ4n) is 3.38. The number of nitrogens with one attached hydrogen (secondary N) is 1. The van der Waals surface area contributed by atoms with Crippen molar-refractivity contribution in [1.29, 1.82) is 0 Å². The first-order chi connectivity index (χ1) is 9.74. The van der Waals surface area contributed by atoms with Crippen molar-refractivity contribution in [2.45, 2.75) is 64.1 Å². The van der Waals surface area contributed by atoms with Crippen molar-refractivity contribution in [2.75, 3.05) is 11.9 Å². The van der Waals surface area contributed by atoms with E-state index in [-0.39, 0.29) is 0 Å². The van der Waals surface area contributed by atoms with Crippen molar-refractivity contribution in [3.8, 4) is 0 Å². The SMILES string of the molecule is CC1CCCCC1N(C)c1ccnc(CNC2CC2)c1. The zero-order chi connectivity index (χ0) is 13.9. The summed E-state index contributed by atoms with van der Waals surface area (Å²) in [5.41, 5.74) is 2.50. The van der Waals surface area contributed by atoms with Crippen LogP contribution in [0.1, 0.15) is 51.1 Å². The first-order valence-electron chi connectivity index (χ1n) is 8.15. The van der Waals surface area contributed by atoms with E-state index in [0.29, 0.717) is 6.04 Å². The van der Waals surface area contributed by atoms with Gasteiger partial charge in [0.05, 0.1) is 5.69 Å². The molecule has 2 unspecified atom stereocenters. The van der Waals surface area contributed by atoms with Crippen LogP contribution >= 0.6 is 0 Å². The molecule has 1 aromatic heterocycles. The van der Waals surface area contributed by atoms with Gasteiger partial charge in [0, 0.05) is 37.6 Å². The fraction of sp³-hybridized carbons (Fsp3) is 0.706. The van der Waals surface area contributed by atoms with Gasteiger partial charge >= 0.3 is 0 Å². The van der Waals surface area contributed by atoms with E-state index in [1.807, 2.05) is 6.20 Å². The average Bonchev–Trinajstić information content (AvgIpc) is 3.29. The summed E-state index contributed by atoms with van der Waals surface area (Å²) >= 11 is 0. The minimum atomic E-state index is 0.690. The Morgan fingerprint density at radius 2 is 2.05 bits per heavy atom. The maximum absolute atomic E-state index is 4.50. The van der Waals surface area contributed by atoms with Crippen LogP contribution in [0.15, 0.2) is 18.3 Å². The van der Waals surface area contributed by atoms with Gasteiger partial charge in [-0.25, -0.2) is 0 Å². The highest BCUT2D eigenvalue weighted by Gasteiger charge is 2.25. The van der Waals surface area contributed by atoms with Crippen LogP contribution in [-0.4, -0.2) is 24.1 Å². The molecule has 0 amide bonds. The normalized spacial score (nSPS) is 26.5. The molecule has 2 saturated carbocycles. The van der Waals surface area contributed by atoms with E-state index >= 15 is 0 Å². The van der Waals surface area contributed by atoms with Crippen LogP contribution in [0.2, 0.25) is 0 Å². The first kappa shape index (κ1) is 13.9. The van der Waals surface area contributed by atoms with Crippen LogP contribution < -0.4 is 10.2 Å². The molecule has 3 nitrogen and oxygen atoms in total.